The van der Waals surface area contributed by atoms with Crippen LogP contribution in [0.1, 0.15) is 18.5 Å². The summed E-state index contributed by atoms with van der Waals surface area (Å²) in [6.07, 6.45) is 0. The van der Waals surface area contributed by atoms with Crippen molar-refractivity contribution in [1.82, 2.24) is 9.80 Å². The van der Waals surface area contributed by atoms with Gasteiger partial charge >= 0.3 is 0 Å². The normalized spacial score (nSPS) is 18.7. The third-order valence-electron chi connectivity index (χ3n) is 3.67. The lowest BCUT2D eigenvalue weighted by Crippen LogP contribution is -2.50. The maximum atomic E-state index is 11.5. The first-order valence-electron chi connectivity index (χ1n) is 6.49. The lowest BCUT2D eigenvalue weighted by Gasteiger charge is -2.38. The van der Waals surface area contributed by atoms with E-state index in [1.54, 1.807) is 0 Å². The van der Waals surface area contributed by atoms with E-state index in [1.165, 1.54) is 5.56 Å². The Hall–Kier alpha value is -1.39. The number of nitrogens with zero attached hydrogens (tertiary/aromatic N) is 2. The molecule has 0 saturated carbocycles. The summed E-state index contributed by atoms with van der Waals surface area (Å²) >= 11 is 0. The summed E-state index contributed by atoms with van der Waals surface area (Å²) in [6.45, 7) is 5.74. The molecule has 4 heteroatoms. The van der Waals surface area contributed by atoms with Crippen molar-refractivity contribution in [2.75, 3.05) is 32.7 Å². The number of piperazine rings is 1. The number of nitrogens with two attached hydrogens (primary N) is 1. The minimum Gasteiger partial charge on any atom is -0.339 e. The lowest BCUT2D eigenvalue weighted by atomic mass is 10.1. The van der Waals surface area contributed by atoms with Crippen molar-refractivity contribution in [3.8, 4) is 0 Å². The van der Waals surface area contributed by atoms with E-state index in [2.05, 4.69) is 36.1 Å². The highest BCUT2D eigenvalue weighted by Gasteiger charge is 2.23. The Kier molecular flexibility index (Phi) is 4.33. The third kappa shape index (κ3) is 2.89. The summed E-state index contributed by atoms with van der Waals surface area (Å²) in [6, 6.07) is 10.9. The molecule has 0 spiro atoms. The molecule has 0 aromatic heterocycles. The summed E-state index contributed by atoms with van der Waals surface area (Å²) in [5.41, 5.74) is 6.71. The fraction of sp³-hybridized carbons (Fsp3) is 0.500. The minimum atomic E-state index is 0.0574. The van der Waals surface area contributed by atoms with Crippen molar-refractivity contribution < 1.29 is 4.79 Å². The van der Waals surface area contributed by atoms with Crippen LogP contribution in [0.25, 0.3) is 0 Å². The Balaban J connectivity index is 1.92. The van der Waals surface area contributed by atoms with Crippen LogP contribution in [0.2, 0.25) is 0 Å². The topological polar surface area (TPSA) is 49.6 Å². The molecule has 0 unspecified atom stereocenters. The van der Waals surface area contributed by atoms with Crippen molar-refractivity contribution in [1.29, 1.82) is 0 Å². The van der Waals surface area contributed by atoms with Gasteiger partial charge in [-0.15, -0.1) is 0 Å². The van der Waals surface area contributed by atoms with Gasteiger partial charge in [0.25, 0.3) is 0 Å². The highest BCUT2D eigenvalue weighted by atomic mass is 16.2. The van der Waals surface area contributed by atoms with Crippen LogP contribution in [-0.2, 0) is 4.79 Å². The highest BCUT2D eigenvalue weighted by Crippen LogP contribution is 2.21. The second kappa shape index (κ2) is 5.98. The summed E-state index contributed by atoms with van der Waals surface area (Å²) < 4.78 is 0. The van der Waals surface area contributed by atoms with Crippen LogP contribution in [0.15, 0.2) is 30.3 Å². The van der Waals surface area contributed by atoms with Crippen LogP contribution >= 0.6 is 0 Å². The van der Waals surface area contributed by atoms with E-state index in [0.29, 0.717) is 6.04 Å². The van der Waals surface area contributed by atoms with Gasteiger partial charge in [0.2, 0.25) is 5.91 Å². The quantitative estimate of drug-likeness (QED) is 0.861. The van der Waals surface area contributed by atoms with Gasteiger partial charge in [0, 0.05) is 32.2 Å². The SMILES string of the molecule is C[C@H](c1ccccc1)N1CCN(C(=O)CN)CC1. The third-order valence-corrected chi connectivity index (χ3v) is 3.67. The van der Waals surface area contributed by atoms with Gasteiger partial charge in [-0.1, -0.05) is 30.3 Å². The number of hydrogen-bond donors (Lipinski definition) is 1. The Bertz CT molecular complexity index is 385. The molecular weight excluding hydrogens is 226 g/mol. The highest BCUT2D eigenvalue weighted by molar-refractivity contribution is 5.78. The molecule has 1 saturated heterocycles. The maximum Gasteiger partial charge on any atom is 0.236 e. The van der Waals surface area contributed by atoms with Gasteiger partial charge in [-0.25, -0.2) is 0 Å². The van der Waals surface area contributed by atoms with Crippen molar-refractivity contribution in [3.63, 3.8) is 0 Å². The van der Waals surface area contributed by atoms with Crippen LogP contribution in [0.5, 0.6) is 0 Å². The standard InChI is InChI=1S/C14H21N3O/c1-12(13-5-3-2-4-6-13)16-7-9-17(10-8-16)14(18)11-15/h2-6,12H,7-11,15H2,1H3/t12-/m1/s1. The van der Waals surface area contributed by atoms with Crippen molar-refractivity contribution in [2.24, 2.45) is 5.73 Å². The van der Waals surface area contributed by atoms with Crippen molar-refractivity contribution >= 4 is 5.91 Å². The molecule has 1 aromatic carbocycles. The molecule has 2 N–H and O–H groups in total. The predicted molar refractivity (Wildman–Crippen MR) is 72.1 cm³/mol. The number of hydrogen-bond acceptors (Lipinski definition) is 3. The van der Waals surface area contributed by atoms with E-state index in [1.807, 2.05) is 11.0 Å². The average molecular weight is 247 g/mol. The first kappa shape index (κ1) is 13.1. The molecule has 1 fully saturated rings. The van der Waals surface area contributed by atoms with Gasteiger partial charge in [0.15, 0.2) is 0 Å². The van der Waals surface area contributed by atoms with E-state index in [-0.39, 0.29) is 12.5 Å². The molecule has 0 radical (unpaired) electrons. The van der Waals surface area contributed by atoms with Gasteiger partial charge in [-0.2, -0.15) is 0 Å². The molecular formula is C14H21N3O. The zero-order valence-corrected chi connectivity index (χ0v) is 10.9. The Morgan fingerprint density at radius 3 is 2.39 bits per heavy atom. The molecule has 1 aliphatic heterocycles. The number of carbonyl (C=O) groups excluding carboxylic acids is 1. The van der Waals surface area contributed by atoms with E-state index in [0.717, 1.165) is 26.2 Å². The van der Waals surface area contributed by atoms with Crippen LogP contribution in [0.4, 0.5) is 0 Å². The molecule has 18 heavy (non-hydrogen) atoms. The molecule has 1 aliphatic rings. The zero-order valence-electron chi connectivity index (χ0n) is 10.9. The molecule has 1 amide bonds. The van der Waals surface area contributed by atoms with Crippen molar-refractivity contribution in [2.45, 2.75) is 13.0 Å². The fourth-order valence-electron chi connectivity index (χ4n) is 2.43. The Labute approximate surface area is 108 Å². The Morgan fingerprint density at radius 1 is 1.22 bits per heavy atom. The molecule has 1 atom stereocenters. The van der Waals surface area contributed by atoms with Crippen LogP contribution in [0.3, 0.4) is 0 Å². The Morgan fingerprint density at radius 2 is 1.83 bits per heavy atom. The van der Waals surface area contributed by atoms with E-state index >= 15 is 0 Å². The molecule has 0 aliphatic carbocycles. The molecule has 4 nitrogen and oxygen atoms in total. The van der Waals surface area contributed by atoms with Crippen LogP contribution in [-0.4, -0.2) is 48.4 Å². The van der Waals surface area contributed by atoms with Gasteiger partial charge in [0.05, 0.1) is 6.54 Å². The van der Waals surface area contributed by atoms with Gasteiger partial charge in [-0.05, 0) is 12.5 Å². The molecule has 98 valence electrons. The first-order valence-corrected chi connectivity index (χ1v) is 6.49. The molecule has 0 bridgehead atoms. The summed E-state index contributed by atoms with van der Waals surface area (Å²) in [4.78, 5) is 15.8. The maximum absolute atomic E-state index is 11.5. The molecule has 2 rings (SSSR count). The van der Waals surface area contributed by atoms with E-state index in [9.17, 15) is 4.79 Å². The van der Waals surface area contributed by atoms with E-state index in [4.69, 9.17) is 5.73 Å². The summed E-state index contributed by atoms with van der Waals surface area (Å²) in [5, 5.41) is 0. The number of amides is 1. The van der Waals surface area contributed by atoms with Crippen molar-refractivity contribution in [3.05, 3.63) is 35.9 Å². The fourth-order valence-corrected chi connectivity index (χ4v) is 2.43. The summed E-state index contributed by atoms with van der Waals surface area (Å²) in [5.74, 6) is 0.0574. The number of rotatable bonds is 3. The summed E-state index contributed by atoms with van der Waals surface area (Å²) in [7, 11) is 0. The monoisotopic (exact) mass is 247 g/mol. The predicted octanol–water partition coefficient (Wildman–Crippen LogP) is 0.851. The van der Waals surface area contributed by atoms with Gasteiger partial charge < -0.3 is 10.6 Å². The largest absolute Gasteiger partial charge is 0.339 e. The van der Waals surface area contributed by atoms with Crippen LogP contribution in [0, 0.1) is 0 Å². The second-order valence-electron chi connectivity index (χ2n) is 4.71. The van der Waals surface area contributed by atoms with Crippen LogP contribution < -0.4 is 5.73 Å². The van der Waals surface area contributed by atoms with Gasteiger partial charge in [-0.3, -0.25) is 9.69 Å². The minimum absolute atomic E-state index is 0.0574. The van der Waals surface area contributed by atoms with Gasteiger partial charge in [0.1, 0.15) is 0 Å². The number of benzene rings is 1. The average Bonchev–Trinajstić information content (AvgIpc) is 2.47. The molecule has 1 aromatic rings. The smallest absolute Gasteiger partial charge is 0.236 e. The van der Waals surface area contributed by atoms with E-state index < -0.39 is 0 Å². The number of carbonyl (C=O) groups is 1. The lowest BCUT2D eigenvalue weighted by molar-refractivity contribution is -0.131. The first-order chi connectivity index (χ1) is 8.72. The zero-order chi connectivity index (χ0) is 13.0. The second-order valence-corrected chi connectivity index (χ2v) is 4.71. The molecule has 1 heterocycles.